The summed E-state index contributed by atoms with van der Waals surface area (Å²) >= 11 is 12.0. The fourth-order valence-corrected chi connectivity index (χ4v) is 3.99. The summed E-state index contributed by atoms with van der Waals surface area (Å²) < 4.78 is 25.7. The normalized spacial score (nSPS) is 12.5. The Morgan fingerprint density at radius 1 is 1.21 bits per heavy atom. The largest absolute Gasteiger partial charge is 0.355 e. The molecule has 0 aliphatic rings. The Morgan fingerprint density at radius 3 is 2.42 bits per heavy atom. The molecule has 0 atom stereocenters. The Hall–Kier alpha value is -1.02. The molecule has 6 nitrogen and oxygen atoms in total. The van der Waals surface area contributed by atoms with Crippen molar-refractivity contribution >= 4 is 39.2 Å². The zero-order valence-corrected chi connectivity index (χ0v) is 16.5. The Kier molecular flexibility index (Phi) is 8.83. The van der Waals surface area contributed by atoms with Gasteiger partial charge in [-0.3, -0.25) is 4.99 Å². The van der Waals surface area contributed by atoms with Crippen LogP contribution >= 0.6 is 23.2 Å². The highest BCUT2D eigenvalue weighted by Crippen LogP contribution is 2.20. The van der Waals surface area contributed by atoms with E-state index in [1.807, 2.05) is 19.9 Å². The third-order valence-electron chi connectivity index (χ3n) is 3.44. The molecule has 0 fully saturated rings. The maximum atomic E-state index is 12.1. The first-order valence-corrected chi connectivity index (χ1v) is 10.1. The molecule has 0 heterocycles. The van der Waals surface area contributed by atoms with Crippen LogP contribution in [0.25, 0.3) is 0 Å². The van der Waals surface area contributed by atoms with Gasteiger partial charge in [-0.15, -0.1) is 0 Å². The molecule has 136 valence electrons. The summed E-state index contributed by atoms with van der Waals surface area (Å²) in [4.78, 5) is 4.07. The Morgan fingerprint density at radius 2 is 1.88 bits per heavy atom. The first-order chi connectivity index (χ1) is 11.3. The molecule has 0 saturated heterocycles. The molecule has 0 aromatic heterocycles. The van der Waals surface area contributed by atoms with Gasteiger partial charge in [0, 0.05) is 43.3 Å². The SMILES string of the molecule is CCN(CC)S(=O)(=O)CCNC(=NC)NCc1ccc(Cl)cc1Cl. The van der Waals surface area contributed by atoms with Gasteiger partial charge in [0.05, 0.1) is 5.75 Å². The molecule has 0 saturated carbocycles. The lowest BCUT2D eigenvalue weighted by molar-refractivity contribution is 0.445. The van der Waals surface area contributed by atoms with Crippen molar-refractivity contribution in [3.05, 3.63) is 33.8 Å². The molecule has 0 unspecified atom stereocenters. The first-order valence-electron chi connectivity index (χ1n) is 7.70. The third kappa shape index (κ3) is 6.47. The van der Waals surface area contributed by atoms with Crippen molar-refractivity contribution in [2.75, 3.05) is 32.4 Å². The lowest BCUT2D eigenvalue weighted by Crippen LogP contribution is -2.41. The van der Waals surface area contributed by atoms with Crippen molar-refractivity contribution in [1.29, 1.82) is 0 Å². The predicted octanol–water partition coefficient (Wildman–Crippen LogP) is 2.33. The van der Waals surface area contributed by atoms with E-state index in [0.717, 1.165) is 5.56 Å². The van der Waals surface area contributed by atoms with E-state index in [9.17, 15) is 8.42 Å². The molecule has 24 heavy (non-hydrogen) atoms. The molecule has 0 radical (unpaired) electrons. The maximum Gasteiger partial charge on any atom is 0.215 e. The zero-order chi connectivity index (χ0) is 18.2. The zero-order valence-electron chi connectivity index (χ0n) is 14.1. The summed E-state index contributed by atoms with van der Waals surface area (Å²) in [6.07, 6.45) is 0. The number of nitrogens with zero attached hydrogens (tertiary/aromatic N) is 2. The molecule has 1 rings (SSSR count). The minimum atomic E-state index is -3.25. The van der Waals surface area contributed by atoms with Gasteiger partial charge in [0.25, 0.3) is 0 Å². The van der Waals surface area contributed by atoms with Crippen LogP contribution in [0.5, 0.6) is 0 Å². The number of guanidine groups is 1. The van der Waals surface area contributed by atoms with Crippen LogP contribution in [-0.4, -0.2) is 51.1 Å². The molecular formula is C15H24Cl2N4O2S. The van der Waals surface area contributed by atoms with E-state index in [0.29, 0.717) is 35.6 Å². The van der Waals surface area contributed by atoms with Gasteiger partial charge in [0.15, 0.2) is 5.96 Å². The van der Waals surface area contributed by atoms with Crippen LogP contribution in [0.3, 0.4) is 0 Å². The van der Waals surface area contributed by atoms with Crippen molar-refractivity contribution in [2.45, 2.75) is 20.4 Å². The highest BCUT2D eigenvalue weighted by Gasteiger charge is 2.18. The van der Waals surface area contributed by atoms with Crippen molar-refractivity contribution in [2.24, 2.45) is 4.99 Å². The molecule has 1 aromatic rings. The quantitative estimate of drug-likeness (QED) is 0.524. The van der Waals surface area contributed by atoms with Crippen LogP contribution in [0.4, 0.5) is 0 Å². The van der Waals surface area contributed by atoms with Crippen molar-refractivity contribution in [3.63, 3.8) is 0 Å². The molecule has 2 N–H and O–H groups in total. The number of sulfonamides is 1. The van der Waals surface area contributed by atoms with E-state index in [1.165, 1.54) is 4.31 Å². The topological polar surface area (TPSA) is 73.8 Å². The van der Waals surface area contributed by atoms with Crippen LogP contribution < -0.4 is 10.6 Å². The highest BCUT2D eigenvalue weighted by atomic mass is 35.5. The maximum absolute atomic E-state index is 12.1. The monoisotopic (exact) mass is 394 g/mol. The van der Waals surface area contributed by atoms with Gasteiger partial charge in [-0.1, -0.05) is 43.1 Å². The molecule has 0 aliphatic heterocycles. The summed E-state index contributed by atoms with van der Waals surface area (Å²) in [6, 6.07) is 5.26. The molecule has 0 aliphatic carbocycles. The van der Waals surface area contributed by atoms with Crippen LogP contribution in [0.15, 0.2) is 23.2 Å². The number of hydrogen-bond donors (Lipinski definition) is 2. The second-order valence-corrected chi connectivity index (χ2v) is 7.92. The van der Waals surface area contributed by atoms with Crippen molar-refractivity contribution < 1.29 is 8.42 Å². The van der Waals surface area contributed by atoms with Gasteiger partial charge >= 0.3 is 0 Å². The smallest absolute Gasteiger partial charge is 0.215 e. The summed E-state index contributed by atoms with van der Waals surface area (Å²) in [5.41, 5.74) is 0.875. The summed E-state index contributed by atoms with van der Waals surface area (Å²) in [5.74, 6) is 0.521. The standard InChI is InChI=1S/C15H24Cl2N4O2S/c1-4-21(5-2)24(22,23)9-8-19-15(18-3)20-11-12-6-7-13(16)10-14(12)17/h6-7,10H,4-5,8-9,11H2,1-3H3,(H2,18,19,20). The van der Waals surface area contributed by atoms with Gasteiger partial charge in [0.2, 0.25) is 10.0 Å². The predicted molar refractivity (Wildman–Crippen MR) is 101 cm³/mol. The van der Waals surface area contributed by atoms with Crippen LogP contribution in [0.1, 0.15) is 19.4 Å². The number of nitrogens with one attached hydrogen (secondary N) is 2. The molecular weight excluding hydrogens is 371 g/mol. The van der Waals surface area contributed by atoms with Gasteiger partial charge in [-0.25, -0.2) is 12.7 Å². The lowest BCUT2D eigenvalue weighted by Gasteiger charge is -2.19. The van der Waals surface area contributed by atoms with Gasteiger partial charge < -0.3 is 10.6 Å². The fourth-order valence-electron chi connectivity index (χ4n) is 2.11. The minimum absolute atomic E-state index is 0.0110. The Balaban J connectivity index is 2.51. The van der Waals surface area contributed by atoms with E-state index >= 15 is 0 Å². The van der Waals surface area contributed by atoms with Gasteiger partial charge in [-0.2, -0.15) is 0 Å². The molecule has 1 aromatic carbocycles. The number of hydrogen-bond acceptors (Lipinski definition) is 3. The number of aliphatic imine (C=N–C) groups is 1. The van der Waals surface area contributed by atoms with Crippen molar-refractivity contribution in [1.82, 2.24) is 14.9 Å². The van der Waals surface area contributed by atoms with Gasteiger partial charge in [-0.05, 0) is 17.7 Å². The number of benzene rings is 1. The molecule has 9 heteroatoms. The molecule has 0 spiro atoms. The average Bonchev–Trinajstić information content (AvgIpc) is 2.52. The molecule has 0 bridgehead atoms. The van der Waals surface area contributed by atoms with Crippen LogP contribution in [0, 0.1) is 0 Å². The average molecular weight is 395 g/mol. The Labute approximate surface area is 154 Å². The summed E-state index contributed by atoms with van der Waals surface area (Å²) in [6.45, 7) is 5.32. The highest BCUT2D eigenvalue weighted by molar-refractivity contribution is 7.89. The number of halogens is 2. The van der Waals surface area contributed by atoms with E-state index in [-0.39, 0.29) is 12.3 Å². The van der Waals surface area contributed by atoms with Gasteiger partial charge in [0.1, 0.15) is 0 Å². The summed E-state index contributed by atoms with van der Waals surface area (Å²) in [5, 5.41) is 7.23. The van der Waals surface area contributed by atoms with E-state index in [1.54, 1.807) is 19.2 Å². The van der Waals surface area contributed by atoms with Crippen LogP contribution in [-0.2, 0) is 16.6 Å². The van der Waals surface area contributed by atoms with E-state index in [4.69, 9.17) is 23.2 Å². The summed E-state index contributed by atoms with van der Waals surface area (Å²) in [7, 11) is -1.63. The first kappa shape index (κ1) is 21.0. The van der Waals surface area contributed by atoms with Crippen molar-refractivity contribution in [3.8, 4) is 0 Å². The lowest BCUT2D eigenvalue weighted by atomic mass is 10.2. The fraction of sp³-hybridized carbons (Fsp3) is 0.533. The Bertz CT molecular complexity index is 661. The van der Waals surface area contributed by atoms with E-state index < -0.39 is 10.0 Å². The van der Waals surface area contributed by atoms with Crippen LogP contribution in [0.2, 0.25) is 10.0 Å². The number of rotatable bonds is 8. The second-order valence-electron chi connectivity index (χ2n) is 4.99. The third-order valence-corrected chi connectivity index (χ3v) is 6.05. The second kappa shape index (κ2) is 10.1. The van der Waals surface area contributed by atoms with E-state index in [2.05, 4.69) is 15.6 Å². The minimum Gasteiger partial charge on any atom is -0.355 e. The molecule has 0 amide bonds.